The van der Waals surface area contributed by atoms with Crippen LogP contribution >= 0.6 is 7.82 Å². The molecular weight excluding hydrogens is 880 g/mol. The van der Waals surface area contributed by atoms with Crippen molar-refractivity contribution in [3.63, 3.8) is 0 Å². The van der Waals surface area contributed by atoms with Gasteiger partial charge in [-0.2, -0.15) is 0 Å². The predicted molar refractivity (Wildman–Crippen MR) is 279 cm³/mol. The SMILES string of the molecule is CC/C=C\C/C=C\C/C=C\CCCCCC(=O)OC(CO)COP(=O)(O)OCC(COC(=O)CCCCCCCCCCCCC)OC(=O)CCCCCCCCC/C=C\CCCCCCCC. The van der Waals surface area contributed by atoms with Gasteiger partial charge in [0, 0.05) is 19.3 Å². The topological polar surface area (TPSA) is 155 Å². The number of rotatable bonds is 51. The normalized spacial score (nSPS) is 13.8. The quantitative estimate of drug-likeness (QED) is 0.0197. The molecule has 3 unspecified atom stereocenters. The molecular formula is C56H101O11P. The van der Waals surface area contributed by atoms with Gasteiger partial charge in [0.1, 0.15) is 12.7 Å². The molecule has 12 heteroatoms. The summed E-state index contributed by atoms with van der Waals surface area (Å²) in [7, 11) is -4.75. The molecule has 396 valence electrons. The van der Waals surface area contributed by atoms with Crippen LogP contribution in [0, 0.1) is 0 Å². The van der Waals surface area contributed by atoms with E-state index in [-0.39, 0.29) is 25.9 Å². The lowest BCUT2D eigenvalue weighted by molar-refractivity contribution is -0.161. The Bertz CT molecular complexity index is 1330. The molecule has 3 atom stereocenters. The molecule has 0 saturated heterocycles. The summed E-state index contributed by atoms with van der Waals surface area (Å²) < 4.78 is 39.4. The van der Waals surface area contributed by atoms with Crippen molar-refractivity contribution in [2.24, 2.45) is 0 Å². The number of aliphatic hydroxyl groups excluding tert-OH is 1. The summed E-state index contributed by atoms with van der Waals surface area (Å²) in [4.78, 5) is 48.4. The number of aliphatic hydroxyl groups is 1. The number of phosphoric ester groups is 1. The van der Waals surface area contributed by atoms with Crippen LogP contribution in [-0.2, 0) is 42.2 Å². The molecule has 0 spiro atoms. The fourth-order valence-corrected chi connectivity index (χ4v) is 8.33. The summed E-state index contributed by atoms with van der Waals surface area (Å²) in [6, 6.07) is 0. The molecule has 2 N–H and O–H groups in total. The number of allylic oxidation sites excluding steroid dienone is 8. The fraction of sp³-hybridized carbons (Fsp3) is 0.804. The molecule has 0 heterocycles. The maximum absolute atomic E-state index is 12.9. The molecule has 0 aromatic carbocycles. The zero-order valence-electron chi connectivity index (χ0n) is 43.6. The average Bonchev–Trinajstić information content (AvgIpc) is 3.32. The second-order valence-electron chi connectivity index (χ2n) is 18.4. The highest BCUT2D eigenvalue weighted by molar-refractivity contribution is 7.47. The summed E-state index contributed by atoms with van der Waals surface area (Å²) >= 11 is 0. The Morgan fingerprint density at radius 1 is 0.426 bits per heavy atom. The minimum atomic E-state index is -4.75. The monoisotopic (exact) mass is 981 g/mol. The molecule has 0 aliphatic heterocycles. The zero-order valence-corrected chi connectivity index (χ0v) is 44.5. The molecule has 0 rings (SSSR count). The van der Waals surface area contributed by atoms with Crippen LogP contribution in [0.4, 0.5) is 0 Å². The van der Waals surface area contributed by atoms with Gasteiger partial charge >= 0.3 is 25.7 Å². The largest absolute Gasteiger partial charge is 0.472 e. The number of carbonyl (C=O) groups excluding carboxylic acids is 3. The number of hydrogen-bond acceptors (Lipinski definition) is 10. The van der Waals surface area contributed by atoms with Gasteiger partial charge in [-0.05, 0) is 77.0 Å². The van der Waals surface area contributed by atoms with Crippen molar-refractivity contribution in [1.82, 2.24) is 0 Å². The van der Waals surface area contributed by atoms with Crippen molar-refractivity contribution < 1.29 is 52.2 Å². The first kappa shape index (κ1) is 65.4. The van der Waals surface area contributed by atoms with E-state index in [2.05, 4.69) is 69.4 Å². The van der Waals surface area contributed by atoms with E-state index < -0.39 is 57.8 Å². The van der Waals surface area contributed by atoms with Crippen LogP contribution < -0.4 is 0 Å². The summed E-state index contributed by atoms with van der Waals surface area (Å²) in [6.07, 6.45) is 52.2. The maximum Gasteiger partial charge on any atom is 0.472 e. The van der Waals surface area contributed by atoms with Gasteiger partial charge in [-0.15, -0.1) is 0 Å². The molecule has 0 aromatic heterocycles. The average molecular weight is 981 g/mol. The molecule has 0 aliphatic carbocycles. The minimum absolute atomic E-state index is 0.143. The molecule has 0 aromatic rings. The summed E-state index contributed by atoms with van der Waals surface area (Å²) in [5.74, 6) is -1.49. The van der Waals surface area contributed by atoms with Crippen LogP contribution in [0.25, 0.3) is 0 Å². The molecule has 11 nitrogen and oxygen atoms in total. The number of esters is 3. The van der Waals surface area contributed by atoms with Gasteiger partial charge < -0.3 is 24.2 Å². The number of phosphoric acid groups is 1. The molecule has 0 amide bonds. The standard InChI is InChI=1S/C56H101O11P/c1-4-7-10-13-16-19-22-24-25-26-27-29-32-35-38-41-44-47-56(60)67-53(49-63-54(58)45-42-39-36-33-30-21-18-15-12-9-6-3)51-65-68(61,62)64-50-52(48-57)66-55(59)46-43-40-37-34-31-28-23-20-17-14-11-8-5-2/h8,11,17,20,24-25,28,31,52-53,57H,4-7,9-10,12-16,18-19,21-23,26-27,29-30,32-51H2,1-3H3,(H,61,62)/b11-8-,20-17-,25-24-,31-28-. The predicted octanol–water partition coefficient (Wildman–Crippen LogP) is 15.8. The number of carbonyl (C=O) groups is 3. The van der Waals surface area contributed by atoms with Crippen LogP contribution in [0.3, 0.4) is 0 Å². The minimum Gasteiger partial charge on any atom is -0.462 e. The third kappa shape index (κ3) is 48.5. The summed E-state index contributed by atoms with van der Waals surface area (Å²) in [5, 5.41) is 9.78. The molecule has 0 aliphatic rings. The van der Waals surface area contributed by atoms with E-state index in [1.165, 1.54) is 109 Å². The van der Waals surface area contributed by atoms with E-state index in [0.717, 1.165) is 83.5 Å². The van der Waals surface area contributed by atoms with Gasteiger partial charge in [0.05, 0.1) is 19.8 Å². The third-order valence-corrected chi connectivity index (χ3v) is 12.7. The summed E-state index contributed by atoms with van der Waals surface area (Å²) in [5.41, 5.74) is 0. The highest BCUT2D eigenvalue weighted by atomic mass is 31.2. The first-order valence-electron chi connectivity index (χ1n) is 27.5. The lowest BCUT2D eigenvalue weighted by Crippen LogP contribution is -2.30. The van der Waals surface area contributed by atoms with Gasteiger partial charge in [-0.3, -0.25) is 23.4 Å². The molecule has 68 heavy (non-hydrogen) atoms. The fourth-order valence-electron chi connectivity index (χ4n) is 7.54. The van der Waals surface area contributed by atoms with Gasteiger partial charge in [-0.1, -0.05) is 204 Å². The van der Waals surface area contributed by atoms with Crippen LogP contribution in [0.1, 0.15) is 252 Å². The third-order valence-electron chi connectivity index (χ3n) is 11.7. The Balaban J connectivity index is 4.72. The van der Waals surface area contributed by atoms with Crippen molar-refractivity contribution in [2.45, 2.75) is 264 Å². The van der Waals surface area contributed by atoms with Gasteiger partial charge in [0.25, 0.3) is 0 Å². The van der Waals surface area contributed by atoms with Crippen molar-refractivity contribution >= 4 is 25.7 Å². The van der Waals surface area contributed by atoms with E-state index in [4.69, 9.17) is 23.3 Å². The van der Waals surface area contributed by atoms with E-state index >= 15 is 0 Å². The lowest BCUT2D eigenvalue weighted by atomic mass is 10.1. The number of ether oxygens (including phenoxy) is 3. The highest BCUT2D eigenvalue weighted by Gasteiger charge is 2.28. The van der Waals surface area contributed by atoms with Crippen molar-refractivity contribution in [2.75, 3.05) is 26.4 Å². The van der Waals surface area contributed by atoms with Gasteiger partial charge in [0.15, 0.2) is 6.10 Å². The van der Waals surface area contributed by atoms with Gasteiger partial charge in [0.2, 0.25) is 0 Å². The zero-order chi connectivity index (χ0) is 49.9. The number of unbranched alkanes of at least 4 members (excludes halogenated alkanes) is 26. The first-order valence-corrected chi connectivity index (χ1v) is 29.0. The lowest BCUT2D eigenvalue weighted by Gasteiger charge is -2.21. The Kier molecular flexibility index (Phi) is 48.9. The van der Waals surface area contributed by atoms with Crippen LogP contribution in [0.2, 0.25) is 0 Å². The van der Waals surface area contributed by atoms with E-state index in [1.807, 2.05) is 0 Å². The van der Waals surface area contributed by atoms with Crippen LogP contribution in [0.15, 0.2) is 48.6 Å². The van der Waals surface area contributed by atoms with Crippen molar-refractivity contribution in [3.8, 4) is 0 Å². The maximum atomic E-state index is 12.9. The first-order chi connectivity index (χ1) is 33.2. The van der Waals surface area contributed by atoms with E-state index in [9.17, 15) is 28.9 Å². The van der Waals surface area contributed by atoms with Crippen molar-refractivity contribution in [3.05, 3.63) is 48.6 Å². The molecule has 0 saturated carbocycles. The Morgan fingerprint density at radius 2 is 0.765 bits per heavy atom. The Morgan fingerprint density at radius 3 is 1.21 bits per heavy atom. The second-order valence-corrected chi connectivity index (χ2v) is 19.8. The second kappa shape index (κ2) is 50.8. The van der Waals surface area contributed by atoms with E-state index in [0.29, 0.717) is 19.3 Å². The highest BCUT2D eigenvalue weighted by Crippen LogP contribution is 2.43. The smallest absolute Gasteiger partial charge is 0.462 e. The summed E-state index contributed by atoms with van der Waals surface area (Å²) in [6.45, 7) is 4.49. The van der Waals surface area contributed by atoms with Crippen molar-refractivity contribution in [1.29, 1.82) is 0 Å². The van der Waals surface area contributed by atoms with Crippen LogP contribution in [0.5, 0.6) is 0 Å². The van der Waals surface area contributed by atoms with Gasteiger partial charge in [-0.25, -0.2) is 4.57 Å². The van der Waals surface area contributed by atoms with Crippen LogP contribution in [-0.4, -0.2) is 66.5 Å². The Hall–Kier alpha value is -2.56. The molecule has 0 fully saturated rings. The van der Waals surface area contributed by atoms with E-state index in [1.54, 1.807) is 0 Å². The number of hydrogen-bond donors (Lipinski definition) is 2. The Labute approximate surface area is 415 Å². The molecule has 0 radical (unpaired) electrons. The molecule has 0 bridgehead atoms.